The second kappa shape index (κ2) is 16.7. The first-order valence-electron chi connectivity index (χ1n) is 25.6. The number of aromatic nitrogens is 1. The molecule has 72 heavy (non-hydrogen) atoms. The zero-order valence-electron chi connectivity index (χ0n) is 42.4. The highest BCUT2D eigenvalue weighted by molar-refractivity contribution is 6.99. The molecule has 13 rings (SSSR count). The zero-order chi connectivity index (χ0) is 49.1. The molecule has 3 heteroatoms. The summed E-state index contributed by atoms with van der Waals surface area (Å²) < 4.78 is 10.3. The fraction of sp³-hybridized carbons (Fsp3) is 0.130. The number of hydrogen-bond acceptors (Lipinski definition) is 1. The molecule has 0 spiro atoms. The minimum Gasteiger partial charge on any atom is -0.458 e. The molecule has 0 aliphatic carbocycles. The topological polar surface area (TPSA) is 14.2 Å². The summed E-state index contributed by atoms with van der Waals surface area (Å²) >= 11 is 0. The molecule has 346 valence electrons. The smallest absolute Gasteiger partial charge is 0.256 e. The number of aryl methyl sites for hydroxylation is 6. The van der Waals surface area contributed by atoms with Crippen molar-refractivity contribution in [2.75, 3.05) is 0 Å². The summed E-state index contributed by atoms with van der Waals surface area (Å²) in [7, 11) is 0. The zero-order valence-corrected chi connectivity index (χ0v) is 42.4. The van der Waals surface area contributed by atoms with Crippen molar-refractivity contribution < 1.29 is 4.74 Å². The normalized spacial score (nSPS) is 12.4. The quantitative estimate of drug-likeness (QED) is 0.145. The predicted octanol–water partition coefficient (Wildman–Crippen LogP) is 16.7. The van der Waals surface area contributed by atoms with E-state index >= 15 is 0 Å². The van der Waals surface area contributed by atoms with E-state index in [0.29, 0.717) is 0 Å². The fourth-order valence-electron chi connectivity index (χ4n) is 12.9. The largest absolute Gasteiger partial charge is 0.458 e. The number of nitrogens with zero attached hydrogens (tertiary/aromatic N) is 1. The van der Waals surface area contributed by atoms with E-state index in [9.17, 15) is 0 Å². The second-order valence-corrected chi connectivity index (χ2v) is 21.0. The molecule has 11 aromatic rings. The summed E-state index contributed by atoms with van der Waals surface area (Å²) in [5.74, 6) is 2.13. The Morgan fingerprint density at radius 1 is 0.417 bits per heavy atom. The van der Waals surface area contributed by atoms with Gasteiger partial charge in [-0.25, -0.2) is 0 Å². The average molecular weight is 926 g/mol. The van der Waals surface area contributed by atoms with Crippen molar-refractivity contribution >= 4 is 44.9 Å². The van der Waals surface area contributed by atoms with Crippen molar-refractivity contribution in [1.29, 1.82) is 0 Å². The molecule has 0 fully saturated rings. The van der Waals surface area contributed by atoms with Crippen molar-refractivity contribution in [1.82, 2.24) is 4.57 Å². The molecule has 0 saturated carbocycles. The van der Waals surface area contributed by atoms with Crippen molar-refractivity contribution in [3.8, 4) is 83.9 Å². The SMILES string of the molecule is Cc1cc(C)c(-c2ccc3c(c2)c2cc(-c4c(C)cc(C)cc4C)cc4c2n3-c2cc(C(C)C)cc3c2B4c2cc(-c4ccccc4-c4ccccc4)cc(-c4ccccc4-c4ccccc4)c2O3)c(C)c1. The summed E-state index contributed by atoms with van der Waals surface area (Å²) in [5, 5.41) is 2.54. The molecule has 10 aromatic carbocycles. The van der Waals surface area contributed by atoms with Gasteiger partial charge in [0.1, 0.15) is 11.5 Å². The van der Waals surface area contributed by atoms with Crippen LogP contribution in [0.5, 0.6) is 11.5 Å². The van der Waals surface area contributed by atoms with E-state index in [2.05, 4.69) is 248 Å². The minimum absolute atomic E-state index is 0.141. The van der Waals surface area contributed by atoms with E-state index in [1.807, 2.05) is 0 Å². The van der Waals surface area contributed by atoms with E-state index < -0.39 is 0 Å². The summed E-state index contributed by atoms with van der Waals surface area (Å²) in [6.07, 6.45) is 0. The van der Waals surface area contributed by atoms with Gasteiger partial charge in [0.25, 0.3) is 6.71 Å². The van der Waals surface area contributed by atoms with Crippen LogP contribution in [0.25, 0.3) is 94.3 Å². The third kappa shape index (κ3) is 6.85. The molecule has 2 aliphatic heterocycles. The van der Waals surface area contributed by atoms with Crippen LogP contribution >= 0.6 is 0 Å². The Morgan fingerprint density at radius 2 is 0.931 bits per heavy atom. The number of ether oxygens (including phenoxy) is 1. The van der Waals surface area contributed by atoms with Crippen molar-refractivity contribution in [2.45, 2.75) is 61.3 Å². The van der Waals surface area contributed by atoms with Crippen LogP contribution in [0.1, 0.15) is 58.7 Å². The lowest BCUT2D eigenvalue weighted by atomic mass is 9.34. The molecule has 2 aliphatic rings. The van der Waals surface area contributed by atoms with Gasteiger partial charge in [-0.1, -0.05) is 177 Å². The van der Waals surface area contributed by atoms with Gasteiger partial charge in [0, 0.05) is 27.5 Å². The van der Waals surface area contributed by atoms with Gasteiger partial charge < -0.3 is 9.30 Å². The lowest BCUT2D eigenvalue weighted by Crippen LogP contribution is -2.58. The Morgan fingerprint density at radius 3 is 1.53 bits per heavy atom. The Balaban J connectivity index is 1.18. The van der Waals surface area contributed by atoms with Crippen LogP contribution in [-0.4, -0.2) is 11.3 Å². The van der Waals surface area contributed by atoms with Gasteiger partial charge in [0.2, 0.25) is 0 Å². The lowest BCUT2D eigenvalue weighted by molar-refractivity contribution is 0.488. The first-order valence-corrected chi connectivity index (χ1v) is 25.6. The third-order valence-corrected chi connectivity index (χ3v) is 15.7. The maximum absolute atomic E-state index is 7.66. The first kappa shape index (κ1) is 43.9. The van der Waals surface area contributed by atoms with E-state index in [4.69, 9.17) is 4.74 Å². The Hall–Kier alpha value is -8.14. The molecular formula is C69H56BNO. The number of hydrogen-bond donors (Lipinski definition) is 0. The molecule has 3 heterocycles. The van der Waals surface area contributed by atoms with E-state index in [1.54, 1.807) is 0 Å². The maximum atomic E-state index is 7.66. The number of benzene rings is 10. The van der Waals surface area contributed by atoms with E-state index in [-0.39, 0.29) is 12.6 Å². The van der Waals surface area contributed by atoms with Crippen LogP contribution in [0.15, 0.2) is 188 Å². The van der Waals surface area contributed by atoms with Gasteiger partial charge in [-0.15, -0.1) is 0 Å². The van der Waals surface area contributed by atoms with Gasteiger partial charge in [-0.3, -0.25) is 0 Å². The first-order chi connectivity index (χ1) is 35.0. The molecule has 0 bridgehead atoms. The van der Waals surface area contributed by atoms with Gasteiger partial charge in [0.15, 0.2) is 0 Å². The van der Waals surface area contributed by atoms with Crippen LogP contribution in [0.4, 0.5) is 0 Å². The minimum atomic E-state index is -0.141. The van der Waals surface area contributed by atoms with Crippen LogP contribution in [0.2, 0.25) is 0 Å². The summed E-state index contributed by atoms with van der Waals surface area (Å²) in [5.41, 5.74) is 30.8. The van der Waals surface area contributed by atoms with Crippen molar-refractivity contribution in [3.63, 3.8) is 0 Å². The molecular weight excluding hydrogens is 870 g/mol. The molecule has 0 saturated heterocycles. The van der Waals surface area contributed by atoms with Gasteiger partial charge in [-0.2, -0.15) is 0 Å². The van der Waals surface area contributed by atoms with Crippen LogP contribution in [0.3, 0.4) is 0 Å². The Labute approximate surface area is 424 Å². The molecule has 0 radical (unpaired) electrons. The van der Waals surface area contributed by atoms with E-state index in [1.165, 1.54) is 133 Å². The monoisotopic (exact) mass is 925 g/mol. The van der Waals surface area contributed by atoms with Gasteiger partial charge >= 0.3 is 0 Å². The van der Waals surface area contributed by atoms with Gasteiger partial charge in [-0.05, 0) is 189 Å². The highest BCUT2D eigenvalue weighted by Crippen LogP contribution is 2.47. The van der Waals surface area contributed by atoms with E-state index in [0.717, 1.165) is 28.2 Å². The predicted molar refractivity (Wildman–Crippen MR) is 307 cm³/mol. The van der Waals surface area contributed by atoms with Crippen molar-refractivity contribution in [3.05, 3.63) is 227 Å². The maximum Gasteiger partial charge on any atom is 0.256 e. The molecule has 0 atom stereocenters. The van der Waals surface area contributed by atoms with Crippen LogP contribution in [0, 0.1) is 41.5 Å². The molecule has 0 unspecified atom stereocenters. The van der Waals surface area contributed by atoms with Gasteiger partial charge in [0.05, 0.1) is 5.52 Å². The fourth-order valence-corrected chi connectivity index (χ4v) is 12.9. The standard InChI is InChI=1S/C69H56BNO/c1-40(2)50-38-63-67-64(39-50)72-69-59(56-26-18-17-24-54(56)48-21-13-10-14-22-48)34-51(55-25-16-15-23-53(55)47-19-11-9-12-20-47)36-61(69)70(67)60-37-52(66-45(7)31-42(4)32-46(66)8)35-58-57-33-49(27-28-62(57)71(63)68(58)60)65-43(5)29-41(3)30-44(65)6/h9-40H,1-8H3. The van der Waals surface area contributed by atoms with Crippen LogP contribution in [-0.2, 0) is 0 Å². The second-order valence-electron chi connectivity index (χ2n) is 21.0. The number of rotatable bonds is 7. The molecule has 0 amide bonds. The highest BCUT2D eigenvalue weighted by atomic mass is 16.5. The molecule has 2 nitrogen and oxygen atoms in total. The number of fused-ring (bicyclic) bond motifs is 7. The van der Waals surface area contributed by atoms with Crippen molar-refractivity contribution in [2.24, 2.45) is 0 Å². The Kier molecular flexibility index (Phi) is 10.2. The highest BCUT2D eigenvalue weighted by Gasteiger charge is 2.43. The van der Waals surface area contributed by atoms with Crippen LogP contribution < -0.4 is 21.1 Å². The third-order valence-electron chi connectivity index (χ3n) is 15.7. The summed E-state index contributed by atoms with van der Waals surface area (Å²) in [6.45, 7) is 18.0. The summed E-state index contributed by atoms with van der Waals surface area (Å²) in [6, 6.07) is 70.8. The Bertz CT molecular complexity index is 4000. The lowest BCUT2D eigenvalue weighted by Gasteiger charge is -2.36. The average Bonchev–Trinajstić information content (AvgIpc) is 3.71. The molecule has 1 aromatic heterocycles. The molecule has 0 N–H and O–H groups in total. The summed E-state index contributed by atoms with van der Waals surface area (Å²) in [4.78, 5) is 0.